The molecule has 3 unspecified atom stereocenters. The summed E-state index contributed by atoms with van der Waals surface area (Å²) in [6, 6.07) is 14.8. The van der Waals surface area contributed by atoms with Gasteiger partial charge in [0.15, 0.2) is 0 Å². The third-order valence-electron chi connectivity index (χ3n) is 5.53. The van der Waals surface area contributed by atoms with E-state index in [-0.39, 0.29) is 11.8 Å². The molecular formula is C21H23F3. The number of halogens is 3. The van der Waals surface area contributed by atoms with Crippen LogP contribution in [0.4, 0.5) is 13.2 Å². The maximum absolute atomic E-state index is 13.5. The van der Waals surface area contributed by atoms with Crippen molar-refractivity contribution < 1.29 is 13.2 Å². The van der Waals surface area contributed by atoms with Gasteiger partial charge in [-0.15, -0.1) is 0 Å². The number of alkyl halides is 3. The monoisotopic (exact) mass is 332 g/mol. The smallest absolute Gasteiger partial charge is 0.166 e. The molecule has 1 saturated carbocycles. The molecule has 1 aliphatic carbocycles. The zero-order chi connectivity index (χ0) is 17.3. The molecule has 1 fully saturated rings. The van der Waals surface area contributed by atoms with E-state index in [9.17, 15) is 13.2 Å². The van der Waals surface area contributed by atoms with Crippen LogP contribution in [0, 0.1) is 12.8 Å². The van der Waals surface area contributed by atoms with Crippen LogP contribution in [0.15, 0.2) is 48.5 Å². The number of rotatable bonds is 2. The van der Waals surface area contributed by atoms with Gasteiger partial charge in [0.05, 0.1) is 5.56 Å². The molecule has 3 rings (SSSR count). The van der Waals surface area contributed by atoms with Gasteiger partial charge in [0.25, 0.3) is 0 Å². The zero-order valence-electron chi connectivity index (χ0n) is 14.1. The van der Waals surface area contributed by atoms with Crippen LogP contribution in [0.2, 0.25) is 0 Å². The maximum atomic E-state index is 13.5. The molecule has 0 spiro atoms. The molecule has 0 nitrogen and oxygen atoms in total. The van der Waals surface area contributed by atoms with Gasteiger partial charge in [0, 0.05) is 0 Å². The first-order chi connectivity index (χ1) is 11.4. The number of aryl methyl sites for hydroxylation is 1. The molecule has 1 aliphatic rings. The quantitative estimate of drug-likeness (QED) is 0.574. The fourth-order valence-corrected chi connectivity index (χ4v) is 4.36. The summed E-state index contributed by atoms with van der Waals surface area (Å²) in [5, 5.41) is 0. The average Bonchev–Trinajstić information content (AvgIpc) is 2.55. The highest BCUT2D eigenvalue weighted by Gasteiger charge is 2.39. The van der Waals surface area contributed by atoms with Gasteiger partial charge >= 0.3 is 6.18 Å². The van der Waals surface area contributed by atoms with Gasteiger partial charge in [-0.25, -0.2) is 0 Å². The van der Waals surface area contributed by atoms with Crippen molar-refractivity contribution in [1.82, 2.24) is 0 Å². The van der Waals surface area contributed by atoms with Crippen molar-refractivity contribution in [2.45, 2.75) is 51.1 Å². The molecule has 0 aromatic heterocycles. The third-order valence-corrected chi connectivity index (χ3v) is 5.53. The van der Waals surface area contributed by atoms with E-state index >= 15 is 0 Å². The minimum atomic E-state index is -4.29. The summed E-state index contributed by atoms with van der Waals surface area (Å²) in [6.07, 6.45) is -1.44. The summed E-state index contributed by atoms with van der Waals surface area (Å²) in [7, 11) is 0. The van der Waals surface area contributed by atoms with Gasteiger partial charge in [-0.1, -0.05) is 55.8 Å². The van der Waals surface area contributed by atoms with E-state index in [0.717, 1.165) is 24.8 Å². The predicted octanol–water partition coefficient (Wildman–Crippen LogP) is 6.70. The lowest BCUT2D eigenvalue weighted by molar-refractivity contribution is -0.138. The molecule has 0 radical (unpaired) electrons. The van der Waals surface area contributed by atoms with Crippen LogP contribution in [-0.2, 0) is 6.18 Å². The summed E-state index contributed by atoms with van der Waals surface area (Å²) in [6.45, 7) is 3.93. The van der Waals surface area contributed by atoms with Crippen molar-refractivity contribution in [2.24, 2.45) is 5.92 Å². The maximum Gasteiger partial charge on any atom is 0.416 e. The van der Waals surface area contributed by atoms with Crippen LogP contribution in [0.5, 0.6) is 0 Å². The van der Waals surface area contributed by atoms with Gasteiger partial charge < -0.3 is 0 Å². The van der Waals surface area contributed by atoms with E-state index in [1.807, 2.05) is 31.2 Å². The predicted molar refractivity (Wildman–Crippen MR) is 91.1 cm³/mol. The molecule has 2 aromatic rings. The molecule has 24 heavy (non-hydrogen) atoms. The van der Waals surface area contributed by atoms with Crippen LogP contribution in [-0.4, -0.2) is 0 Å². The first-order valence-electron chi connectivity index (χ1n) is 8.61. The molecule has 0 aliphatic heterocycles. The highest BCUT2D eigenvalue weighted by Crippen LogP contribution is 2.49. The normalized spacial score (nSPS) is 24.8. The Bertz CT molecular complexity index is 688. The Balaban J connectivity index is 2.01. The van der Waals surface area contributed by atoms with Gasteiger partial charge in [0.1, 0.15) is 0 Å². The Kier molecular flexibility index (Phi) is 4.71. The summed E-state index contributed by atoms with van der Waals surface area (Å²) >= 11 is 0. The van der Waals surface area contributed by atoms with Crippen LogP contribution < -0.4 is 0 Å². The van der Waals surface area contributed by atoms with E-state index in [2.05, 4.69) is 19.1 Å². The minimum absolute atomic E-state index is 0.0400. The highest BCUT2D eigenvalue weighted by atomic mass is 19.4. The Morgan fingerprint density at radius 1 is 0.875 bits per heavy atom. The second-order valence-corrected chi connectivity index (χ2v) is 6.95. The van der Waals surface area contributed by atoms with Crippen LogP contribution in [0.3, 0.4) is 0 Å². The number of hydrogen-bond acceptors (Lipinski definition) is 0. The van der Waals surface area contributed by atoms with Gasteiger partial charge in [-0.3, -0.25) is 0 Å². The third kappa shape index (κ3) is 3.22. The fourth-order valence-electron chi connectivity index (χ4n) is 4.36. The number of hydrogen-bond donors (Lipinski definition) is 0. The first-order valence-corrected chi connectivity index (χ1v) is 8.61. The Hall–Kier alpha value is -1.77. The van der Waals surface area contributed by atoms with Crippen LogP contribution in [0.25, 0.3) is 0 Å². The summed E-state index contributed by atoms with van der Waals surface area (Å²) in [5.74, 6) is 0.482. The second-order valence-electron chi connectivity index (χ2n) is 6.95. The van der Waals surface area contributed by atoms with E-state index in [1.54, 1.807) is 0 Å². The van der Waals surface area contributed by atoms with Crippen molar-refractivity contribution in [3.05, 3.63) is 70.8 Å². The summed E-state index contributed by atoms with van der Waals surface area (Å²) in [5.41, 5.74) is 2.07. The van der Waals surface area contributed by atoms with E-state index in [1.165, 1.54) is 17.7 Å². The van der Waals surface area contributed by atoms with Crippen molar-refractivity contribution in [3.63, 3.8) is 0 Å². The van der Waals surface area contributed by atoms with Crippen molar-refractivity contribution in [3.8, 4) is 0 Å². The molecule has 0 saturated heterocycles. The van der Waals surface area contributed by atoms with Gasteiger partial charge in [-0.05, 0) is 60.3 Å². The lowest BCUT2D eigenvalue weighted by Crippen LogP contribution is -2.26. The van der Waals surface area contributed by atoms with Gasteiger partial charge in [0.2, 0.25) is 0 Å². The lowest BCUT2D eigenvalue weighted by atomic mass is 9.66. The van der Waals surface area contributed by atoms with Crippen molar-refractivity contribution >= 4 is 0 Å². The SMILES string of the molecule is Cc1cccc(C(F)(F)F)c1C1CCCC(c2ccccc2)C1C. The molecule has 3 atom stereocenters. The zero-order valence-corrected chi connectivity index (χ0v) is 14.1. The largest absolute Gasteiger partial charge is 0.416 e. The molecule has 2 aromatic carbocycles. The Morgan fingerprint density at radius 2 is 1.54 bits per heavy atom. The van der Waals surface area contributed by atoms with E-state index in [4.69, 9.17) is 0 Å². The van der Waals surface area contributed by atoms with Crippen molar-refractivity contribution in [2.75, 3.05) is 0 Å². The molecule has 0 bridgehead atoms. The first kappa shape index (κ1) is 17.1. The summed E-state index contributed by atoms with van der Waals surface area (Å²) < 4.78 is 40.6. The lowest BCUT2D eigenvalue weighted by Gasteiger charge is -2.38. The van der Waals surface area contributed by atoms with E-state index in [0.29, 0.717) is 11.5 Å². The highest BCUT2D eigenvalue weighted by molar-refractivity contribution is 5.40. The van der Waals surface area contributed by atoms with Crippen LogP contribution in [0.1, 0.15) is 60.3 Å². The van der Waals surface area contributed by atoms with Gasteiger partial charge in [-0.2, -0.15) is 13.2 Å². The number of benzene rings is 2. The topological polar surface area (TPSA) is 0 Å². The molecule has 0 heterocycles. The molecule has 128 valence electrons. The van der Waals surface area contributed by atoms with E-state index < -0.39 is 11.7 Å². The average molecular weight is 332 g/mol. The molecule has 3 heteroatoms. The van der Waals surface area contributed by atoms with Crippen LogP contribution >= 0.6 is 0 Å². The standard InChI is InChI=1S/C21H23F3/c1-14-8-6-13-19(21(22,23)24)20(14)18-12-7-11-17(15(18)2)16-9-4-3-5-10-16/h3-6,8-10,13,15,17-18H,7,11-12H2,1-2H3. The Morgan fingerprint density at radius 3 is 2.21 bits per heavy atom. The molecular weight excluding hydrogens is 309 g/mol. The molecule has 0 N–H and O–H groups in total. The summed E-state index contributed by atoms with van der Waals surface area (Å²) in [4.78, 5) is 0. The minimum Gasteiger partial charge on any atom is -0.166 e. The second kappa shape index (κ2) is 6.62. The fraction of sp³-hybridized carbons (Fsp3) is 0.429. The molecule has 0 amide bonds. The Labute approximate surface area is 141 Å². The van der Waals surface area contributed by atoms with Crippen molar-refractivity contribution in [1.29, 1.82) is 0 Å².